The molecule has 0 aliphatic heterocycles. The van der Waals surface area contributed by atoms with Crippen molar-refractivity contribution in [2.75, 3.05) is 7.11 Å². The van der Waals surface area contributed by atoms with Gasteiger partial charge in [-0.25, -0.2) is 4.98 Å². The number of thiazole rings is 1. The second-order valence-electron chi connectivity index (χ2n) is 3.63. The highest BCUT2D eigenvalue weighted by Crippen LogP contribution is 2.27. The number of benzene rings is 1. The molecule has 16 heavy (non-hydrogen) atoms. The molecule has 1 heterocycles. The van der Waals surface area contributed by atoms with Crippen LogP contribution in [-0.4, -0.2) is 12.1 Å². The SMILES string of the molecule is CCc1cc(-c2csc(C)n2)ccc1OC. The van der Waals surface area contributed by atoms with E-state index in [9.17, 15) is 0 Å². The van der Waals surface area contributed by atoms with Crippen LogP contribution in [0.1, 0.15) is 17.5 Å². The lowest BCUT2D eigenvalue weighted by molar-refractivity contribution is 0.410. The van der Waals surface area contributed by atoms with E-state index in [1.807, 2.05) is 13.0 Å². The van der Waals surface area contributed by atoms with Crippen molar-refractivity contribution in [2.45, 2.75) is 20.3 Å². The molecule has 0 radical (unpaired) electrons. The minimum absolute atomic E-state index is 0.957. The molecule has 0 aliphatic rings. The minimum atomic E-state index is 0.957. The van der Waals surface area contributed by atoms with Gasteiger partial charge in [-0.1, -0.05) is 6.92 Å². The second kappa shape index (κ2) is 4.66. The van der Waals surface area contributed by atoms with Crippen LogP contribution in [0, 0.1) is 6.92 Å². The number of aryl methyl sites for hydroxylation is 2. The van der Waals surface area contributed by atoms with Crippen LogP contribution in [0.4, 0.5) is 0 Å². The smallest absolute Gasteiger partial charge is 0.122 e. The zero-order valence-corrected chi connectivity index (χ0v) is 10.6. The lowest BCUT2D eigenvalue weighted by Crippen LogP contribution is -1.91. The second-order valence-corrected chi connectivity index (χ2v) is 4.69. The molecular formula is C13H15NOS. The standard InChI is InChI=1S/C13H15NOS/c1-4-10-7-11(5-6-13(10)15-3)12-8-16-9(2)14-12/h5-8H,4H2,1-3H3. The van der Waals surface area contributed by atoms with Gasteiger partial charge in [0.15, 0.2) is 0 Å². The molecule has 2 aromatic rings. The molecule has 0 amide bonds. The fourth-order valence-corrected chi connectivity index (χ4v) is 2.33. The number of ether oxygens (including phenoxy) is 1. The molecule has 0 fully saturated rings. The average molecular weight is 233 g/mol. The Morgan fingerprint density at radius 2 is 2.19 bits per heavy atom. The van der Waals surface area contributed by atoms with E-state index in [2.05, 4.69) is 29.4 Å². The third kappa shape index (κ3) is 2.09. The molecule has 0 unspecified atom stereocenters. The van der Waals surface area contributed by atoms with Crippen LogP contribution < -0.4 is 4.74 Å². The predicted octanol–water partition coefficient (Wildman–Crippen LogP) is 3.69. The topological polar surface area (TPSA) is 22.1 Å². The van der Waals surface area contributed by atoms with Gasteiger partial charge in [-0.3, -0.25) is 0 Å². The third-order valence-electron chi connectivity index (χ3n) is 2.58. The highest BCUT2D eigenvalue weighted by Gasteiger charge is 2.06. The van der Waals surface area contributed by atoms with E-state index in [1.165, 1.54) is 11.1 Å². The summed E-state index contributed by atoms with van der Waals surface area (Å²) in [7, 11) is 1.71. The van der Waals surface area contributed by atoms with Gasteiger partial charge in [-0.2, -0.15) is 0 Å². The number of hydrogen-bond acceptors (Lipinski definition) is 3. The summed E-state index contributed by atoms with van der Waals surface area (Å²) in [4.78, 5) is 4.49. The van der Waals surface area contributed by atoms with Crippen molar-refractivity contribution < 1.29 is 4.74 Å². The van der Waals surface area contributed by atoms with Crippen molar-refractivity contribution in [3.05, 3.63) is 34.2 Å². The Kier molecular flexibility index (Phi) is 3.25. The zero-order valence-electron chi connectivity index (χ0n) is 9.78. The number of nitrogens with zero attached hydrogens (tertiary/aromatic N) is 1. The van der Waals surface area contributed by atoms with E-state index in [0.29, 0.717) is 0 Å². The number of aromatic nitrogens is 1. The Morgan fingerprint density at radius 3 is 2.75 bits per heavy atom. The van der Waals surface area contributed by atoms with Gasteiger partial charge in [0.1, 0.15) is 5.75 Å². The summed E-state index contributed by atoms with van der Waals surface area (Å²) < 4.78 is 5.31. The molecule has 0 N–H and O–H groups in total. The molecule has 0 bridgehead atoms. The number of methoxy groups -OCH3 is 1. The van der Waals surface area contributed by atoms with Gasteiger partial charge in [0.2, 0.25) is 0 Å². The van der Waals surface area contributed by atoms with Gasteiger partial charge < -0.3 is 4.74 Å². The molecule has 84 valence electrons. The van der Waals surface area contributed by atoms with Crippen LogP contribution in [0.2, 0.25) is 0 Å². The maximum atomic E-state index is 5.31. The Labute approximate surface area is 99.9 Å². The Bertz CT molecular complexity index is 490. The lowest BCUT2D eigenvalue weighted by Gasteiger charge is -2.07. The third-order valence-corrected chi connectivity index (χ3v) is 3.35. The van der Waals surface area contributed by atoms with Crippen LogP contribution in [0.3, 0.4) is 0 Å². The van der Waals surface area contributed by atoms with Gasteiger partial charge in [-0.05, 0) is 37.1 Å². The summed E-state index contributed by atoms with van der Waals surface area (Å²) in [5.74, 6) is 0.957. The monoisotopic (exact) mass is 233 g/mol. The highest BCUT2D eigenvalue weighted by atomic mass is 32.1. The first kappa shape index (κ1) is 11.1. The van der Waals surface area contributed by atoms with E-state index in [0.717, 1.165) is 22.9 Å². The van der Waals surface area contributed by atoms with Crippen molar-refractivity contribution in [3.8, 4) is 17.0 Å². The lowest BCUT2D eigenvalue weighted by atomic mass is 10.1. The van der Waals surface area contributed by atoms with Crippen LogP contribution in [0.15, 0.2) is 23.6 Å². The molecule has 0 spiro atoms. The molecule has 0 saturated heterocycles. The van der Waals surface area contributed by atoms with Crippen molar-refractivity contribution in [3.63, 3.8) is 0 Å². The van der Waals surface area contributed by atoms with Gasteiger partial charge in [0.05, 0.1) is 17.8 Å². The van der Waals surface area contributed by atoms with Gasteiger partial charge >= 0.3 is 0 Å². The highest BCUT2D eigenvalue weighted by molar-refractivity contribution is 7.09. The Balaban J connectivity index is 2.43. The maximum absolute atomic E-state index is 5.31. The summed E-state index contributed by atoms with van der Waals surface area (Å²) in [6, 6.07) is 6.24. The normalized spacial score (nSPS) is 10.4. The first-order chi connectivity index (χ1) is 7.74. The van der Waals surface area contributed by atoms with Crippen molar-refractivity contribution in [1.82, 2.24) is 4.98 Å². The number of hydrogen-bond donors (Lipinski definition) is 0. The molecule has 1 aromatic heterocycles. The maximum Gasteiger partial charge on any atom is 0.122 e. The Hall–Kier alpha value is -1.35. The van der Waals surface area contributed by atoms with Crippen LogP contribution in [0.25, 0.3) is 11.3 Å². The summed E-state index contributed by atoms with van der Waals surface area (Å²) in [5, 5.41) is 3.19. The molecular weight excluding hydrogens is 218 g/mol. The van der Waals surface area contributed by atoms with Crippen molar-refractivity contribution >= 4 is 11.3 Å². The molecule has 3 heteroatoms. The van der Waals surface area contributed by atoms with Gasteiger partial charge in [0, 0.05) is 10.9 Å². The zero-order chi connectivity index (χ0) is 11.5. The van der Waals surface area contributed by atoms with Crippen molar-refractivity contribution in [1.29, 1.82) is 0 Å². The molecule has 0 aliphatic carbocycles. The van der Waals surface area contributed by atoms with Gasteiger partial charge in [0.25, 0.3) is 0 Å². The first-order valence-corrected chi connectivity index (χ1v) is 6.22. The minimum Gasteiger partial charge on any atom is -0.496 e. The first-order valence-electron chi connectivity index (χ1n) is 5.34. The molecule has 1 aromatic carbocycles. The van der Waals surface area contributed by atoms with E-state index < -0.39 is 0 Å². The molecule has 2 rings (SSSR count). The fourth-order valence-electron chi connectivity index (χ4n) is 1.71. The van der Waals surface area contributed by atoms with E-state index in [1.54, 1.807) is 18.4 Å². The number of rotatable bonds is 3. The fraction of sp³-hybridized carbons (Fsp3) is 0.308. The van der Waals surface area contributed by atoms with Gasteiger partial charge in [-0.15, -0.1) is 11.3 Å². The van der Waals surface area contributed by atoms with E-state index in [4.69, 9.17) is 4.74 Å². The quantitative estimate of drug-likeness (QED) is 0.806. The van der Waals surface area contributed by atoms with Crippen LogP contribution in [0.5, 0.6) is 5.75 Å². The largest absolute Gasteiger partial charge is 0.496 e. The Morgan fingerprint density at radius 1 is 1.38 bits per heavy atom. The van der Waals surface area contributed by atoms with E-state index >= 15 is 0 Å². The summed E-state index contributed by atoms with van der Waals surface area (Å²) in [5.41, 5.74) is 3.45. The predicted molar refractivity (Wildman–Crippen MR) is 68.2 cm³/mol. The van der Waals surface area contributed by atoms with E-state index in [-0.39, 0.29) is 0 Å². The molecule has 0 saturated carbocycles. The summed E-state index contributed by atoms with van der Waals surface area (Å²) >= 11 is 1.68. The molecule has 0 atom stereocenters. The summed E-state index contributed by atoms with van der Waals surface area (Å²) in [6.07, 6.45) is 0.972. The molecule has 2 nitrogen and oxygen atoms in total. The van der Waals surface area contributed by atoms with Crippen LogP contribution >= 0.6 is 11.3 Å². The summed E-state index contributed by atoms with van der Waals surface area (Å²) in [6.45, 7) is 4.16. The van der Waals surface area contributed by atoms with Crippen LogP contribution in [-0.2, 0) is 6.42 Å². The average Bonchev–Trinajstić information content (AvgIpc) is 2.75. The van der Waals surface area contributed by atoms with Crippen molar-refractivity contribution in [2.24, 2.45) is 0 Å².